The molecule has 4 heterocycles. The van der Waals surface area contributed by atoms with Gasteiger partial charge in [-0.3, -0.25) is 9.59 Å². The minimum absolute atomic E-state index is 0.0706. The predicted octanol–water partition coefficient (Wildman–Crippen LogP) is 2.51. The Morgan fingerprint density at radius 3 is 2.46 bits per heavy atom. The van der Waals surface area contributed by atoms with Crippen molar-refractivity contribution in [2.75, 3.05) is 44.2 Å². The maximum atomic E-state index is 12.5. The van der Waals surface area contributed by atoms with E-state index in [-0.39, 0.29) is 17.4 Å². The number of aryl methyl sites for hydroxylation is 1. The van der Waals surface area contributed by atoms with Crippen LogP contribution in [0.1, 0.15) is 49.1 Å². The quantitative estimate of drug-likeness (QED) is 0.626. The Bertz CT molecular complexity index is 1140. The summed E-state index contributed by atoms with van der Waals surface area (Å²) in [4.78, 5) is 31.8. The van der Waals surface area contributed by atoms with Crippen molar-refractivity contribution in [3.05, 3.63) is 51.1 Å². The number of piperazine rings is 1. The highest BCUT2D eigenvalue weighted by molar-refractivity contribution is 5.79. The van der Waals surface area contributed by atoms with Gasteiger partial charge in [0.25, 0.3) is 5.56 Å². The Hall–Kier alpha value is -3.46. The maximum Gasteiger partial charge on any atom is 0.422 e. The molecule has 2 aromatic rings. The Morgan fingerprint density at radius 1 is 1.16 bits per heavy atom. The number of aromatic amines is 1. The van der Waals surface area contributed by atoms with E-state index >= 15 is 0 Å². The van der Waals surface area contributed by atoms with Gasteiger partial charge in [-0.1, -0.05) is 13.8 Å². The number of carbonyl (C=O) groups is 1. The van der Waals surface area contributed by atoms with E-state index in [0.717, 1.165) is 51.5 Å². The highest BCUT2D eigenvalue weighted by atomic mass is 19.4. The van der Waals surface area contributed by atoms with Crippen LogP contribution >= 0.6 is 0 Å². The lowest BCUT2D eigenvalue weighted by atomic mass is 10.1. The average molecular weight is 520 g/mol. The molecule has 2 saturated heterocycles. The number of aromatic nitrogens is 3. The molecule has 9 nitrogen and oxygen atoms in total. The van der Waals surface area contributed by atoms with Crippen molar-refractivity contribution in [3.63, 3.8) is 0 Å². The average Bonchev–Trinajstić information content (AvgIpc) is 3.62. The summed E-state index contributed by atoms with van der Waals surface area (Å²) in [5.41, 5.74) is -1.20. The van der Waals surface area contributed by atoms with Gasteiger partial charge in [0.2, 0.25) is 5.91 Å². The van der Waals surface area contributed by atoms with Gasteiger partial charge in [0.15, 0.2) is 0 Å². The van der Waals surface area contributed by atoms with Gasteiger partial charge in [-0.15, -0.1) is 0 Å². The van der Waals surface area contributed by atoms with E-state index in [2.05, 4.69) is 26.4 Å². The molecule has 200 valence electrons. The number of hydrogen-bond acceptors (Lipinski definition) is 7. The van der Waals surface area contributed by atoms with Crippen LogP contribution in [0.5, 0.6) is 0 Å². The molecule has 0 radical (unpaired) electrons. The molecule has 37 heavy (non-hydrogen) atoms. The first-order chi connectivity index (χ1) is 17.8. The zero-order valence-electron chi connectivity index (χ0n) is 21.1. The lowest BCUT2D eigenvalue weighted by Crippen LogP contribution is -2.50. The number of halogens is 3. The minimum atomic E-state index is -4.58. The van der Waals surface area contributed by atoms with Gasteiger partial charge in [-0.05, 0) is 49.9 Å². The van der Waals surface area contributed by atoms with Crippen LogP contribution in [0.4, 0.5) is 19.0 Å². The van der Waals surface area contributed by atoms with Crippen LogP contribution in [-0.2, 0) is 23.8 Å². The normalized spacial score (nSPS) is 18.6. The smallest absolute Gasteiger partial charge is 0.353 e. The Morgan fingerprint density at radius 2 is 1.89 bits per heavy atom. The summed E-state index contributed by atoms with van der Waals surface area (Å²) < 4.78 is 37.4. The molecule has 3 aliphatic rings. The second-order valence-corrected chi connectivity index (χ2v) is 8.72. The van der Waals surface area contributed by atoms with Crippen LogP contribution in [0.15, 0.2) is 23.1 Å². The van der Waals surface area contributed by atoms with Crippen LogP contribution in [0, 0.1) is 17.2 Å². The molecule has 2 fully saturated rings. The number of amides is 1. The molecular formula is C25H32F3N7O2. The molecule has 0 saturated carbocycles. The molecule has 5 rings (SSSR count). The molecule has 1 unspecified atom stereocenters. The molecule has 1 aliphatic carbocycles. The molecule has 1 amide bonds. The summed E-state index contributed by atoms with van der Waals surface area (Å²) in [7, 11) is 0. The van der Waals surface area contributed by atoms with E-state index in [9.17, 15) is 22.8 Å². The summed E-state index contributed by atoms with van der Waals surface area (Å²) in [6.07, 6.45) is -0.600. The fourth-order valence-electron chi connectivity index (χ4n) is 4.65. The van der Waals surface area contributed by atoms with E-state index in [1.54, 1.807) is 12.3 Å². The summed E-state index contributed by atoms with van der Waals surface area (Å²) in [5.74, 6) is 1.32. The Balaban J connectivity index is 0.000000207. The summed E-state index contributed by atoms with van der Waals surface area (Å²) in [5, 5.41) is 17.5. The first kappa shape index (κ1) is 28.1. The van der Waals surface area contributed by atoms with Crippen LogP contribution in [-0.4, -0.2) is 65.3 Å². The highest BCUT2D eigenvalue weighted by Crippen LogP contribution is 2.33. The largest absolute Gasteiger partial charge is 0.422 e. The summed E-state index contributed by atoms with van der Waals surface area (Å²) in [6, 6.07) is 5.72. The van der Waals surface area contributed by atoms with Crippen LogP contribution < -0.4 is 15.8 Å². The van der Waals surface area contributed by atoms with Gasteiger partial charge in [0, 0.05) is 38.9 Å². The van der Waals surface area contributed by atoms with E-state index in [1.165, 1.54) is 0 Å². The van der Waals surface area contributed by atoms with Crippen molar-refractivity contribution in [3.8, 4) is 6.07 Å². The first-order valence-corrected chi connectivity index (χ1v) is 12.6. The van der Waals surface area contributed by atoms with Gasteiger partial charge in [-0.25, -0.2) is 10.1 Å². The van der Waals surface area contributed by atoms with Crippen molar-refractivity contribution in [2.24, 2.45) is 5.92 Å². The maximum absolute atomic E-state index is 12.5. The third kappa shape index (κ3) is 6.85. The second kappa shape index (κ2) is 12.7. The van der Waals surface area contributed by atoms with E-state index < -0.39 is 17.3 Å². The SMILES string of the molecule is CC.N#Cc1ccc(N2CCN(C(=O)C3CCNC3)CC2)nc1.O=c1[nH]nc2c(c1C(F)(F)F)CCC2. The molecule has 0 aromatic carbocycles. The Kier molecular flexibility index (Phi) is 9.63. The number of nitrogens with one attached hydrogen (secondary N) is 2. The van der Waals surface area contributed by atoms with Gasteiger partial charge < -0.3 is 15.1 Å². The van der Waals surface area contributed by atoms with Gasteiger partial charge in [0.05, 0.1) is 17.2 Å². The topological polar surface area (TPSA) is 118 Å². The fraction of sp³-hybridized carbons (Fsp3) is 0.560. The molecular weight excluding hydrogens is 487 g/mol. The van der Waals surface area contributed by atoms with Gasteiger partial charge in [-0.2, -0.15) is 23.5 Å². The van der Waals surface area contributed by atoms with Crippen molar-refractivity contribution >= 4 is 11.7 Å². The third-order valence-electron chi connectivity index (χ3n) is 6.50. The van der Waals surface area contributed by atoms with E-state index in [1.807, 2.05) is 29.9 Å². The minimum Gasteiger partial charge on any atom is -0.353 e. The number of alkyl halides is 3. The fourth-order valence-corrected chi connectivity index (χ4v) is 4.65. The van der Waals surface area contributed by atoms with Crippen LogP contribution in [0.2, 0.25) is 0 Å². The number of H-pyrrole nitrogens is 1. The lowest BCUT2D eigenvalue weighted by molar-refractivity contribution is -0.139. The van der Waals surface area contributed by atoms with Crippen molar-refractivity contribution < 1.29 is 18.0 Å². The zero-order valence-corrected chi connectivity index (χ0v) is 21.1. The second-order valence-electron chi connectivity index (χ2n) is 8.72. The molecule has 2 N–H and O–H groups in total. The molecule has 2 aromatic heterocycles. The number of pyridine rings is 1. The number of hydrogen-bond donors (Lipinski definition) is 2. The van der Waals surface area contributed by atoms with E-state index in [0.29, 0.717) is 30.5 Å². The lowest BCUT2D eigenvalue weighted by Gasteiger charge is -2.36. The number of anilines is 1. The van der Waals surface area contributed by atoms with Gasteiger partial charge >= 0.3 is 6.18 Å². The number of nitrogens with zero attached hydrogens (tertiary/aromatic N) is 5. The van der Waals surface area contributed by atoms with Gasteiger partial charge in [0.1, 0.15) is 17.5 Å². The number of nitriles is 1. The molecule has 0 spiro atoms. The van der Waals surface area contributed by atoms with Crippen LogP contribution in [0.3, 0.4) is 0 Å². The molecule has 2 aliphatic heterocycles. The molecule has 0 bridgehead atoms. The number of fused-ring (bicyclic) bond motifs is 1. The third-order valence-corrected chi connectivity index (χ3v) is 6.50. The highest BCUT2D eigenvalue weighted by Gasteiger charge is 2.39. The summed E-state index contributed by atoms with van der Waals surface area (Å²) >= 11 is 0. The molecule has 12 heteroatoms. The van der Waals surface area contributed by atoms with E-state index in [4.69, 9.17) is 5.26 Å². The standard InChI is InChI=1S/C15H19N5O.C8H7F3N2O.C2H6/c16-9-12-1-2-14(18-10-12)19-5-7-20(8-6-19)15(21)13-3-4-17-11-13;9-8(10,11)6-4-2-1-3-5(4)12-13-7(6)14;1-2/h1-2,10,13,17H,3-8,11H2;1-3H2,(H,13,14);1-2H3. The monoisotopic (exact) mass is 519 g/mol. The zero-order chi connectivity index (χ0) is 27.0. The van der Waals surface area contributed by atoms with Crippen molar-refractivity contribution in [2.45, 2.75) is 45.7 Å². The van der Waals surface area contributed by atoms with Crippen molar-refractivity contribution in [1.82, 2.24) is 25.4 Å². The first-order valence-electron chi connectivity index (χ1n) is 12.6. The molecule has 1 atom stereocenters. The van der Waals surface area contributed by atoms with Crippen molar-refractivity contribution in [1.29, 1.82) is 5.26 Å². The van der Waals surface area contributed by atoms with Crippen LogP contribution in [0.25, 0.3) is 0 Å². The Labute approximate surface area is 213 Å². The predicted molar refractivity (Wildman–Crippen MR) is 132 cm³/mol. The summed E-state index contributed by atoms with van der Waals surface area (Å²) in [6.45, 7) is 8.85. The number of carbonyl (C=O) groups excluding carboxylic acids is 1. The number of rotatable bonds is 2.